The minimum Gasteiger partial charge on any atom is -0.494 e. The Kier molecular flexibility index (Phi) is 3.89. The van der Waals surface area contributed by atoms with Crippen molar-refractivity contribution in [2.24, 2.45) is 0 Å². The number of nitrogens with zero attached hydrogens (tertiary/aromatic N) is 2. The predicted octanol–water partition coefficient (Wildman–Crippen LogP) is 4.58. The molecular formula is C16H12F6N2O. The van der Waals surface area contributed by atoms with Crippen molar-refractivity contribution in [3.63, 3.8) is 0 Å². The number of allylic oxidation sites excluding steroid dienone is 4. The van der Waals surface area contributed by atoms with Crippen molar-refractivity contribution in [2.75, 3.05) is 0 Å². The van der Waals surface area contributed by atoms with E-state index in [1.807, 2.05) is 0 Å². The van der Waals surface area contributed by atoms with Gasteiger partial charge in [0.15, 0.2) is 0 Å². The van der Waals surface area contributed by atoms with Crippen LogP contribution in [0.3, 0.4) is 0 Å². The second kappa shape index (κ2) is 5.58. The maximum atomic E-state index is 14.4. The largest absolute Gasteiger partial charge is 0.494 e. The van der Waals surface area contributed by atoms with Crippen LogP contribution in [-0.2, 0) is 19.0 Å². The molecule has 2 aliphatic rings. The molecule has 1 unspecified atom stereocenters. The molecule has 1 aromatic heterocycles. The van der Waals surface area contributed by atoms with E-state index >= 15 is 0 Å². The molecule has 0 radical (unpaired) electrons. The van der Waals surface area contributed by atoms with Crippen LogP contribution in [0.25, 0.3) is 0 Å². The summed E-state index contributed by atoms with van der Waals surface area (Å²) in [6.45, 7) is 0. The molecule has 0 amide bonds. The van der Waals surface area contributed by atoms with E-state index in [4.69, 9.17) is 5.26 Å². The summed E-state index contributed by atoms with van der Waals surface area (Å²) in [5.41, 5.74) is -2.53. The van der Waals surface area contributed by atoms with Crippen LogP contribution in [0, 0.1) is 11.3 Å². The number of fused-ring (bicyclic) bond motifs is 1. The third-order valence-electron chi connectivity index (χ3n) is 4.46. The Morgan fingerprint density at radius 2 is 1.88 bits per heavy atom. The van der Waals surface area contributed by atoms with E-state index in [1.165, 1.54) is 6.07 Å². The summed E-state index contributed by atoms with van der Waals surface area (Å²) < 4.78 is 82.9. The van der Waals surface area contributed by atoms with Crippen molar-refractivity contribution in [1.29, 1.82) is 5.26 Å². The van der Waals surface area contributed by atoms with Crippen LogP contribution < -0.4 is 0 Å². The summed E-state index contributed by atoms with van der Waals surface area (Å²) in [7, 11) is 0. The molecule has 3 rings (SSSR count). The normalized spacial score (nSPS) is 22.7. The van der Waals surface area contributed by atoms with Gasteiger partial charge in [0, 0.05) is 11.8 Å². The van der Waals surface area contributed by atoms with Crippen molar-refractivity contribution < 1.29 is 31.4 Å². The molecule has 0 saturated carbocycles. The van der Waals surface area contributed by atoms with Gasteiger partial charge < -0.3 is 9.67 Å². The second-order valence-corrected chi connectivity index (χ2v) is 6.00. The van der Waals surface area contributed by atoms with Crippen LogP contribution in [0.1, 0.15) is 35.7 Å². The number of hydrogen-bond donors (Lipinski definition) is 1. The number of rotatable bonds is 1. The molecule has 25 heavy (non-hydrogen) atoms. The standard InChI is InChI=1S/C16H12F6N2O/c17-10-5-12(15(18,19)6-8(10)7-23)24-11-4-2-1-3-9(11)13(14(24)25)16(20,21)22/h5-6,12,25H,1-4H2. The highest BCUT2D eigenvalue weighted by Gasteiger charge is 2.48. The second-order valence-electron chi connectivity index (χ2n) is 6.00. The van der Waals surface area contributed by atoms with Gasteiger partial charge >= 0.3 is 6.18 Å². The van der Waals surface area contributed by atoms with E-state index in [0.717, 1.165) is 0 Å². The van der Waals surface area contributed by atoms with Crippen molar-refractivity contribution in [3.8, 4) is 11.9 Å². The van der Waals surface area contributed by atoms with E-state index in [-0.39, 0.29) is 30.2 Å². The molecule has 0 aliphatic heterocycles. The quantitative estimate of drug-likeness (QED) is 0.743. The average molecular weight is 362 g/mol. The first kappa shape index (κ1) is 17.5. The number of alkyl halides is 5. The van der Waals surface area contributed by atoms with Gasteiger partial charge in [-0.2, -0.15) is 27.2 Å². The third kappa shape index (κ3) is 2.69. The highest BCUT2D eigenvalue weighted by Crippen LogP contribution is 2.49. The Labute approximate surface area is 138 Å². The van der Waals surface area contributed by atoms with E-state index in [0.29, 0.717) is 23.5 Å². The summed E-state index contributed by atoms with van der Waals surface area (Å²) in [6, 6.07) is -0.900. The number of aromatic hydroxyl groups is 1. The highest BCUT2D eigenvalue weighted by molar-refractivity contribution is 5.49. The SMILES string of the molecule is N#CC1=CC(F)(F)C(n2c(O)c(C(F)(F)F)c3c2CCCC3)C=C1F. The van der Waals surface area contributed by atoms with Crippen molar-refractivity contribution in [1.82, 2.24) is 4.57 Å². The molecule has 1 aromatic rings. The van der Waals surface area contributed by atoms with Crippen LogP contribution in [0.15, 0.2) is 23.6 Å². The van der Waals surface area contributed by atoms with Crippen LogP contribution in [0.4, 0.5) is 26.3 Å². The number of aromatic nitrogens is 1. The molecule has 0 saturated heterocycles. The third-order valence-corrected chi connectivity index (χ3v) is 4.46. The van der Waals surface area contributed by atoms with Crippen molar-refractivity contribution in [2.45, 2.75) is 43.8 Å². The molecule has 0 aromatic carbocycles. The first-order chi connectivity index (χ1) is 11.6. The summed E-state index contributed by atoms with van der Waals surface area (Å²) in [5.74, 6) is -6.43. The predicted molar refractivity (Wildman–Crippen MR) is 74.6 cm³/mol. The van der Waals surface area contributed by atoms with Gasteiger partial charge in [-0.25, -0.2) is 4.39 Å². The lowest BCUT2D eigenvalue weighted by Crippen LogP contribution is -2.31. The fraction of sp³-hybridized carbons (Fsp3) is 0.438. The van der Waals surface area contributed by atoms with Gasteiger partial charge in [-0.15, -0.1) is 0 Å². The van der Waals surface area contributed by atoms with Gasteiger partial charge in [-0.1, -0.05) is 0 Å². The Hall–Kier alpha value is -2.37. The van der Waals surface area contributed by atoms with E-state index in [2.05, 4.69) is 0 Å². The monoisotopic (exact) mass is 362 g/mol. The molecule has 3 nitrogen and oxygen atoms in total. The summed E-state index contributed by atoms with van der Waals surface area (Å²) in [5, 5.41) is 18.8. The van der Waals surface area contributed by atoms with Gasteiger partial charge in [0.25, 0.3) is 5.92 Å². The molecule has 134 valence electrons. The van der Waals surface area contributed by atoms with E-state index < -0.39 is 41.0 Å². The maximum absolute atomic E-state index is 14.4. The van der Waals surface area contributed by atoms with Gasteiger partial charge in [-0.05, 0) is 37.3 Å². The average Bonchev–Trinajstić information content (AvgIpc) is 2.81. The highest BCUT2D eigenvalue weighted by atomic mass is 19.4. The Morgan fingerprint density at radius 1 is 1.24 bits per heavy atom. The molecular weight excluding hydrogens is 350 g/mol. The Balaban J connectivity index is 2.24. The summed E-state index contributed by atoms with van der Waals surface area (Å²) >= 11 is 0. The summed E-state index contributed by atoms with van der Waals surface area (Å²) in [4.78, 5) is 0. The smallest absolute Gasteiger partial charge is 0.421 e. The topological polar surface area (TPSA) is 49.0 Å². The molecule has 1 heterocycles. The zero-order valence-electron chi connectivity index (χ0n) is 12.7. The van der Waals surface area contributed by atoms with Crippen LogP contribution in [-0.4, -0.2) is 15.6 Å². The number of halogens is 6. The zero-order valence-corrected chi connectivity index (χ0v) is 12.7. The summed E-state index contributed by atoms with van der Waals surface area (Å²) in [6.07, 6.45) is -3.50. The van der Waals surface area contributed by atoms with E-state index in [9.17, 15) is 31.4 Å². The van der Waals surface area contributed by atoms with E-state index in [1.54, 1.807) is 0 Å². The Bertz CT molecular complexity index is 825. The number of hydrogen-bond acceptors (Lipinski definition) is 2. The van der Waals surface area contributed by atoms with Gasteiger partial charge in [0.2, 0.25) is 5.88 Å². The minimum absolute atomic E-state index is 0.00545. The van der Waals surface area contributed by atoms with Gasteiger partial charge in [0.1, 0.15) is 23.5 Å². The molecule has 0 bridgehead atoms. The molecule has 2 aliphatic carbocycles. The molecule has 1 atom stereocenters. The molecule has 0 spiro atoms. The fourth-order valence-corrected chi connectivity index (χ4v) is 3.42. The Morgan fingerprint density at radius 3 is 2.48 bits per heavy atom. The minimum atomic E-state index is -4.92. The van der Waals surface area contributed by atoms with Gasteiger partial charge in [-0.3, -0.25) is 0 Å². The molecule has 0 fully saturated rings. The fourth-order valence-electron chi connectivity index (χ4n) is 3.42. The lowest BCUT2D eigenvalue weighted by molar-refractivity contribution is -0.139. The van der Waals surface area contributed by atoms with Crippen LogP contribution in [0.2, 0.25) is 0 Å². The van der Waals surface area contributed by atoms with Gasteiger partial charge in [0.05, 0.1) is 5.57 Å². The number of nitriles is 1. The zero-order chi connectivity index (χ0) is 18.6. The lowest BCUT2D eigenvalue weighted by Gasteiger charge is -2.29. The van der Waals surface area contributed by atoms with Crippen LogP contribution in [0.5, 0.6) is 5.88 Å². The van der Waals surface area contributed by atoms with Crippen LogP contribution >= 0.6 is 0 Å². The first-order valence-electron chi connectivity index (χ1n) is 7.48. The van der Waals surface area contributed by atoms with Crippen molar-refractivity contribution >= 4 is 0 Å². The maximum Gasteiger partial charge on any atom is 0.421 e. The lowest BCUT2D eigenvalue weighted by atomic mass is 9.93. The van der Waals surface area contributed by atoms with Crippen molar-refractivity contribution in [3.05, 3.63) is 40.4 Å². The molecule has 1 N–H and O–H groups in total. The molecule has 9 heteroatoms. The first-order valence-corrected chi connectivity index (χ1v) is 7.48.